The van der Waals surface area contributed by atoms with Crippen LogP contribution in [0.3, 0.4) is 0 Å². The van der Waals surface area contributed by atoms with Crippen LogP contribution in [0.2, 0.25) is 0 Å². The van der Waals surface area contributed by atoms with Crippen molar-refractivity contribution in [3.05, 3.63) is 58.4 Å². The van der Waals surface area contributed by atoms with E-state index < -0.39 is 11.8 Å². The van der Waals surface area contributed by atoms with Gasteiger partial charge in [-0.15, -0.1) is 0 Å². The number of hydrogen-bond acceptors (Lipinski definition) is 4. The Morgan fingerprint density at radius 1 is 1.20 bits per heavy atom. The number of benzene rings is 1. The molecule has 6 nitrogen and oxygen atoms in total. The molecule has 128 valence electrons. The molecule has 0 atom stereocenters. The summed E-state index contributed by atoms with van der Waals surface area (Å²) in [7, 11) is 0. The number of aromatic nitrogens is 2. The van der Waals surface area contributed by atoms with Crippen molar-refractivity contribution >= 4 is 11.9 Å². The van der Waals surface area contributed by atoms with Crippen molar-refractivity contribution in [2.75, 3.05) is 6.54 Å². The molecule has 1 amide bonds. The number of carbonyl (C=O) groups is 2. The van der Waals surface area contributed by atoms with E-state index >= 15 is 0 Å². The maximum absolute atomic E-state index is 14.0. The molecule has 7 heteroatoms. The molecule has 0 unspecified atom stereocenters. The lowest BCUT2D eigenvalue weighted by atomic mass is 9.94. The molecular weight excluding hydrogens is 325 g/mol. The van der Waals surface area contributed by atoms with Gasteiger partial charge in [0.25, 0.3) is 5.91 Å². The molecule has 0 radical (unpaired) electrons. The summed E-state index contributed by atoms with van der Waals surface area (Å²) in [4.78, 5) is 34.2. The van der Waals surface area contributed by atoms with Crippen molar-refractivity contribution < 1.29 is 19.1 Å². The second-order valence-corrected chi connectivity index (χ2v) is 6.41. The van der Waals surface area contributed by atoms with Gasteiger partial charge in [-0.2, -0.15) is 0 Å². The van der Waals surface area contributed by atoms with Crippen molar-refractivity contribution in [1.82, 2.24) is 14.9 Å². The van der Waals surface area contributed by atoms with Crippen molar-refractivity contribution in [1.29, 1.82) is 0 Å². The molecule has 0 bridgehead atoms. The lowest BCUT2D eigenvalue weighted by Gasteiger charge is -2.29. The highest BCUT2D eigenvalue weighted by atomic mass is 19.1. The molecule has 0 spiro atoms. The summed E-state index contributed by atoms with van der Waals surface area (Å²) in [5, 5.41) is 9.33. The zero-order valence-corrected chi connectivity index (χ0v) is 13.4. The van der Waals surface area contributed by atoms with E-state index in [1.165, 1.54) is 17.0 Å². The number of carboxylic acids is 1. The normalized spacial score (nSPS) is 16.4. The summed E-state index contributed by atoms with van der Waals surface area (Å²) >= 11 is 0. The summed E-state index contributed by atoms with van der Waals surface area (Å²) in [6.45, 7) is 0.394. The van der Waals surface area contributed by atoms with Crippen LogP contribution in [-0.2, 0) is 13.0 Å². The monoisotopic (exact) mass is 341 g/mol. The molecule has 2 aromatic rings. The molecule has 1 N–H and O–H groups in total. The van der Waals surface area contributed by atoms with Gasteiger partial charge < -0.3 is 10.0 Å². The third kappa shape index (κ3) is 2.86. The van der Waals surface area contributed by atoms with E-state index in [1.54, 1.807) is 12.3 Å². The molecule has 1 aliphatic heterocycles. The number of amides is 1. The lowest BCUT2D eigenvalue weighted by Crippen LogP contribution is -2.37. The van der Waals surface area contributed by atoms with Crippen LogP contribution in [0.15, 0.2) is 24.4 Å². The fraction of sp³-hybridized carbons (Fsp3) is 0.333. The van der Waals surface area contributed by atoms with Crippen LogP contribution in [0.1, 0.15) is 56.6 Å². The lowest BCUT2D eigenvalue weighted by molar-refractivity contribution is 0.0675. The van der Waals surface area contributed by atoms with E-state index in [0.717, 1.165) is 12.8 Å². The summed E-state index contributed by atoms with van der Waals surface area (Å²) in [5.74, 6) is -0.813. The van der Waals surface area contributed by atoms with Gasteiger partial charge in [0.2, 0.25) is 0 Å². The van der Waals surface area contributed by atoms with Gasteiger partial charge >= 0.3 is 5.97 Å². The van der Waals surface area contributed by atoms with Gasteiger partial charge in [0.05, 0.1) is 5.56 Å². The Morgan fingerprint density at radius 3 is 2.72 bits per heavy atom. The van der Waals surface area contributed by atoms with Gasteiger partial charge in [-0.1, -0.05) is 0 Å². The molecule has 4 rings (SSSR count). The van der Waals surface area contributed by atoms with E-state index in [2.05, 4.69) is 9.97 Å². The average Bonchev–Trinajstić information content (AvgIpc) is 3.46. The molecule has 1 saturated carbocycles. The largest absolute Gasteiger partial charge is 0.478 e. The first-order chi connectivity index (χ1) is 12.0. The number of aromatic carboxylic acids is 1. The molecule has 1 aromatic carbocycles. The minimum Gasteiger partial charge on any atom is -0.478 e. The van der Waals surface area contributed by atoms with Crippen molar-refractivity contribution in [3.63, 3.8) is 0 Å². The number of rotatable bonds is 3. The Kier molecular flexibility index (Phi) is 3.71. The first kappa shape index (κ1) is 15.7. The van der Waals surface area contributed by atoms with Crippen molar-refractivity contribution in [2.45, 2.75) is 31.7 Å². The summed E-state index contributed by atoms with van der Waals surface area (Å²) in [6.07, 6.45) is 3.94. The standard InChI is InChI=1S/C18H16FN3O3/c19-14-4-3-12(18(24)25)13-9-22(8-6-11(13)14)17(23)15-5-7-20-16(21-15)10-1-2-10/h3-5,7,10H,1-2,6,8-9H2,(H,24,25). The maximum atomic E-state index is 14.0. The number of carbonyl (C=O) groups excluding carboxylic acids is 1. The average molecular weight is 341 g/mol. The van der Waals surface area contributed by atoms with Gasteiger partial charge in [-0.3, -0.25) is 4.79 Å². The second-order valence-electron chi connectivity index (χ2n) is 6.41. The number of nitrogens with zero attached hydrogens (tertiary/aromatic N) is 3. The third-order valence-electron chi connectivity index (χ3n) is 4.71. The predicted octanol–water partition coefficient (Wildman–Crippen LogP) is 2.39. The van der Waals surface area contributed by atoms with E-state index in [1.807, 2.05) is 0 Å². The zero-order chi connectivity index (χ0) is 17.6. The van der Waals surface area contributed by atoms with Gasteiger partial charge in [0.1, 0.15) is 17.3 Å². The van der Waals surface area contributed by atoms with Gasteiger partial charge in [-0.05, 0) is 48.6 Å². The van der Waals surface area contributed by atoms with E-state index in [4.69, 9.17) is 0 Å². The molecule has 2 aliphatic rings. The van der Waals surface area contributed by atoms with Crippen LogP contribution in [0.4, 0.5) is 4.39 Å². The highest BCUT2D eigenvalue weighted by Gasteiger charge is 2.30. The summed E-state index contributed by atoms with van der Waals surface area (Å²) < 4.78 is 14.0. The number of carboxylic acid groups (broad SMARTS) is 1. The Morgan fingerprint density at radius 2 is 2.00 bits per heavy atom. The molecule has 2 heterocycles. The van der Waals surface area contributed by atoms with Gasteiger partial charge in [0.15, 0.2) is 0 Å². The molecule has 1 fully saturated rings. The van der Waals surface area contributed by atoms with Crippen LogP contribution < -0.4 is 0 Å². The Balaban J connectivity index is 1.63. The van der Waals surface area contributed by atoms with Gasteiger partial charge in [0, 0.05) is 25.2 Å². The molecule has 1 aromatic heterocycles. The zero-order valence-electron chi connectivity index (χ0n) is 13.4. The van der Waals surface area contributed by atoms with Crippen LogP contribution >= 0.6 is 0 Å². The first-order valence-corrected chi connectivity index (χ1v) is 8.20. The fourth-order valence-corrected chi connectivity index (χ4v) is 3.20. The van der Waals surface area contributed by atoms with E-state index in [9.17, 15) is 19.1 Å². The predicted molar refractivity (Wildman–Crippen MR) is 85.8 cm³/mol. The SMILES string of the molecule is O=C(O)c1ccc(F)c2c1CN(C(=O)c1ccnc(C3CC3)n1)CC2. The van der Waals surface area contributed by atoms with Crippen molar-refractivity contribution in [3.8, 4) is 0 Å². The summed E-state index contributed by atoms with van der Waals surface area (Å²) in [6, 6.07) is 3.99. The number of hydrogen-bond donors (Lipinski definition) is 1. The molecule has 1 aliphatic carbocycles. The Bertz CT molecular complexity index is 880. The van der Waals surface area contributed by atoms with E-state index in [0.29, 0.717) is 35.1 Å². The number of halogens is 1. The maximum Gasteiger partial charge on any atom is 0.336 e. The second kappa shape index (κ2) is 5.91. The third-order valence-corrected chi connectivity index (χ3v) is 4.71. The van der Waals surface area contributed by atoms with E-state index in [-0.39, 0.29) is 24.4 Å². The molecule has 0 saturated heterocycles. The van der Waals surface area contributed by atoms with Crippen LogP contribution in [0.25, 0.3) is 0 Å². The topological polar surface area (TPSA) is 83.4 Å². The Hall–Kier alpha value is -2.83. The molecule has 25 heavy (non-hydrogen) atoms. The highest BCUT2D eigenvalue weighted by Crippen LogP contribution is 2.37. The Labute approximate surface area is 143 Å². The minimum absolute atomic E-state index is 0.0373. The highest BCUT2D eigenvalue weighted by molar-refractivity contribution is 5.93. The quantitative estimate of drug-likeness (QED) is 0.927. The smallest absolute Gasteiger partial charge is 0.336 e. The van der Waals surface area contributed by atoms with Crippen LogP contribution in [0, 0.1) is 5.82 Å². The fourth-order valence-electron chi connectivity index (χ4n) is 3.20. The number of fused-ring (bicyclic) bond motifs is 1. The first-order valence-electron chi connectivity index (χ1n) is 8.20. The van der Waals surface area contributed by atoms with Crippen LogP contribution in [-0.4, -0.2) is 38.4 Å². The minimum atomic E-state index is -1.12. The van der Waals surface area contributed by atoms with Gasteiger partial charge in [-0.25, -0.2) is 19.2 Å². The summed E-state index contributed by atoms with van der Waals surface area (Å²) in [5.41, 5.74) is 1.08. The van der Waals surface area contributed by atoms with Crippen molar-refractivity contribution in [2.24, 2.45) is 0 Å². The van der Waals surface area contributed by atoms with Crippen LogP contribution in [0.5, 0.6) is 0 Å². The molecular formula is C18H16FN3O3.